The van der Waals surface area contributed by atoms with Gasteiger partial charge in [0.1, 0.15) is 0 Å². The number of hydrogen-bond acceptors (Lipinski definition) is 3. The van der Waals surface area contributed by atoms with Gasteiger partial charge in [0.05, 0.1) is 0 Å². The van der Waals surface area contributed by atoms with E-state index in [0.717, 1.165) is 28.2 Å². The monoisotopic (exact) mass is 399 g/mol. The van der Waals surface area contributed by atoms with E-state index < -0.39 is 0 Å². The number of benzene rings is 3. The maximum absolute atomic E-state index is 12.3. The van der Waals surface area contributed by atoms with Gasteiger partial charge in [-0.2, -0.15) is 0 Å². The first-order valence-corrected chi connectivity index (χ1v) is 10.4. The summed E-state index contributed by atoms with van der Waals surface area (Å²) >= 11 is 0. The fourth-order valence-electron chi connectivity index (χ4n) is 3.36. The number of hydrogen-bond donors (Lipinski definition) is 0. The average molecular weight is 400 g/mol. The maximum Gasteiger partial charge on any atom is 0.165 e. The van der Waals surface area contributed by atoms with Crippen LogP contribution in [0.25, 0.3) is 0 Å². The Kier molecular flexibility index (Phi) is 6.51. The lowest BCUT2D eigenvalue weighted by Gasteiger charge is -2.26. The second-order valence-corrected chi connectivity index (χ2v) is 8.30. The molecule has 0 aromatic heterocycles. The molecule has 0 radical (unpaired) electrons. The van der Waals surface area contributed by atoms with Crippen LogP contribution in [0.2, 0.25) is 0 Å². The summed E-state index contributed by atoms with van der Waals surface area (Å²) in [4.78, 5) is 26.8. The van der Waals surface area contributed by atoms with Crippen molar-refractivity contribution in [1.29, 1.82) is 0 Å². The van der Waals surface area contributed by atoms with Crippen molar-refractivity contribution in [2.45, 2.75) is 34.6 Å². The first-order chi connectivity index (χ1) is 14.3. The lowest BCUT2D eigenvalue weighted by atomic mass is 10.00. The predicted octanol–water partition coefficient (Wildman–Crippen LogP) is 7.14. The van der Waals surface area contributed by atoms with Crippen molar-refractivity contribution in [2.75, 3.05) is 4.90 Å². The van der Waals surface area contributed by atoms with E-state index >= 15 is 0 Å². The molecule has 0 atom stereocenters. The molecule has 3 rings (SSSR count). The third-order valence-corrected chi connectivity index (χ3v) is 5.16. The number of ketones is 2. The second-order valence-electron chi connectivity index (χ2n) is 8.30. The van der Waals surface area contributed by atoms with Crippen LogP contribution < -0.4 is 4.90 Å². The number of nitrogens with zero attached hydrogens (tertiary/aromatic N) is 1. The Morgan fingerprint density at radius 3 is 1.17 bits per heavy atom. The van der Waals surface area contributed by atoms with Gasteiger partial charge in [-0.05, 0) is 67.6 Å². The zero-order valence-electron chi connectivity index (χ0n) is 18.3. The largest absolute Gasteiger partial charge is 0.311 e. The van der Waals surface area contributed by atoms with E-state index in [4.69, 9.17) is 0 Å². The average Bonchev–Trinajstić information content (AvgIpc) is 2.75. The van der Waals surface area contributed by atoms with Crippen molar-refractivity contribution in [2.24, 2.45) is 11.8 Å². The minimum absolute atomic E-state index is 0.0323. The molecule has 0 heterocycles. The maximum atomic E-state index is 12.3. The van der Waals surface area contributed by atoms with Gasteiger partial charge in [0.25, 0.3) is 0 Å². The molecule has 154 valence electrons. The summed E-state index contributed by atoms with van der Waals surface area (Å²) in [6.45, 7) is 9.71. The smallest absolute Gasteiger partial charge is 0.165 e. The van der Waals surface area contributed by atoms with Crippen molar-refractivity contribution in [1.82, 2.24) is 0 Å². The molecular formula is C27H29NO2. The molecule has 0 saturated heterocycles. The molecule has 0 unspecified atom stereocenters. The van der Waals surface area contributed by atoms with E-state index in [1.165, 1.54) is 5.56 Å². The van der Waals surface area contributed by atoms with Gasteiger partial charge in [-0.15, -0.1) is 0 Å². The third-order valence-electron chi connectivity index (χ3n) is 5.16. The van der Waals surface area contributed by atoms with Crippen molar-refractivity contribution >= 4 is 28.6 Å². The SMILES string of the molecule is Cc1ccc(N(c2ccc(C(=O)C(C)C)cc2)c2ccc(C(=O)C(C)C)cc2)cc1. The Bertz CT molecular complexity index is 950. The summed E-state index contributed by atoms with van der Waals surface area (Å²) < 4.78 is 0. The Labute approximate surface area is 179 Å². The van der Waals surface area contributed by atoms with Crippen LogP contribution in [-0.2, 0) is 0 Å². The molecule has 3 aromatic carbocycles. The van der Waals surface area contributed by atoms with Crippen LogP contribution in [0.5, 0.6) is 0 Å². The van der Waals surface area contributed by atoms with Gasteiger partial charge in [-0.1, -0.05) is 45.4 Å². The Hall–Kier alpha value is -3.20. The van der Waals surface area contributed by atoms with Crippen molar-refractivity contribution in [3.05, 3.63) is 89.5 Å². The molecule has 30 heavy (non-hydrogen) atoms. The van der Waals surface area contributed by atoms with E-state index in [9.17, 15) is 9.59 Å². The summed E-state index contributed by atoms with van der Waals surface area (Å²) in [5.74, 6) is 0.213. The summed E-state index contributed by atoms with van der Waals surface area (Å²) in [7, 11) is 0. The fraction of sp³-hybridized carbons (Fsp3) is 0.259. The van der Waals surface area contributed by atoms with Crippen LogP contribution in [0, 0.1) is 18.8 Å². The molecule has 0 aliphatic heterocycles. The number of carbonyl (C=O) groups excluding carboxylic acids is 2. The fourth-order valence-corrected chi connectivity index (χ4v) is 3.36. The Morgan fingerprint density at radius 1 is 0.567 bits per heavy atom. The van der Waals surface area contributed by atoms with Crippen molar-refractivity contribution in [3.63, 3.8) is 0 Å². The lowest BCUT2D eigenvalue weighted by molar-refractivity contribution is 0.0932. The molecule has 0 spiro atoms. The summed E-state index contributed by atoms with van der Waals surface area (Å²) in [5, 5.41) is 0. The number of Topliss-reactive ketones (excluding diaryl/α,β-unsaturated/α-hetero) is 2. The molecular weight excluding hydrogens is 370 g/mol. The van der Waals surface area contributed by atoms with Crippen molar-refractivity contribution in [3.8, 4) is 0 Å². The number of carbonyl (C=O) groups is 2. The summed E-state index contributed by atoms with van der Waals surface area (Å²) in [6, 6.07) is 23.8. The first-order valence-electron chi connectivity index (χ1n) is 10.4. The van der Waals surface area contributed by atoms with Gasteiger partial charge >= 0.3 is 0 Å². The van der Waals surface area contributed by atoms with Gasteiger partial charge in [-0.25, -0.2) is 0 Å². The van der Waals surface area contributed by atoms with Gasteiger partial charge in [-0.3, -0.25) is 9.59 Å². The quantitative estimate of drug-likeness (QED) is 0.396. The standard InChI is InChI=1S/C27H29NO2/c1-18(2)26(29)21-8-14-24(15-9-21)28(23-12-6-20(5)7-13-23)25-16-10-22(11-17-25)27(30)19(3)4/h6-19H,1-5H3. The van der Waals surface area contributed by atoms with Gasteiger partial charge in [0, 0.05) is 40.0 Å². The normalized spacial score (nSPS) is 11.0. The van der Waals surface area contributed by atoms with Crippen LogP contribution in [-0.4, -0.2) is 11.6 Å². The zero-order valence-corrected chi connectivity index (χ0v) is 18.3. The van der Waals surface area contributed by atoms with Crippen LogP contribution in [0.1, 0.15) is 54.0 Å². The second kappa shape index (κ2) is 9.08. The number of aryl methyl sites for hydroxylation is 1. The van der Waals surface area contributed by atoms with E-state index in [2.05, 4.69) is 36.1 Å². The first kappa shape index (κ1) is 21.5. The lowest BCUT2D eigenvalue weighted by Crippen LogP contribution is -2.12. The number of anilines is 3. The molecule has 0 fully saturated rings. The molecule has 3 nitrogen and oxygen atoms in total. The minimum Gasteiger partial charge on any atom is -0.311 e. The van der Waals surface area contributed by atoms with E-state index in [0.29, 0.717) is 0 Å². The topological polar surface area (TPSA) is 37.4 Å². The molecule has 0 saturated carbocycles. The summed E-state index contributed by atoms with van der Waals surface area (Å²) in [5.41, 5.74) is 5.57. The van der Waals surface area contributed by atoms with Crippen LogP contribution in [0.15, 0.2) is 72.8 Å². The van der Waals surface area contributed by atoms with Crippen LogP contribution in [0.4, 0.5) is 17.1 Å². The van der Waals surface area contributed by atoms with Crippen molar-refractivity contribution < 1.29 is 9.59 Å². The molecule has 3 aromatic rings. The Morgan fingerprint density at radius 2 is 0.867 bits per heavy atom. The molecule has 0 aliphatic carbocycles. The molecule has 0 bridgehead atoms. The van der Waals surface area contributed by atoms with Gasteiger partial charge < -0.3 is 4.90 Å². The molecule has 0 N–H and O–H groups in total. The van der Waals surface area contributed by atoms with E-state index in [-0.39, 0.29) is 23.4 Å². The highest BCUT2D eigenvalue weighted by molar-refractivity contribution is 5.98. The molecule has 0 aliphatic rings. The highest BCUT2D eigenvalue weighted by Crippen LogP contribution is 2.35. The molecule has 0 amide bonds. The molecule has 3 heteroatoms. The highest BCUT2D eigenvalue weighted by atomic mass is 16.1. The Balaban J connectivity index is 2.02. The van der Waals surface area contributed by atoms with E-state index in [1.807, 2.05) is 76.2 Å². The van der Waals surface area contributed by atoms with Crippen LogP contribution >= 0.6 is 0 Å². The summed E-state index contributed by atoms with van der Waals surface area (Å²) in [6.07, 6.45) is 0. The zero-order chi connectivity index (χ0) is 21.8. The van der Waals surface area contributed by atoms with E-state index in [1.54, 1.807) is 0 Å². The third kappa shape index (κ3) is 4.68. The number of rotatable bonds is 7. The minimum atomic E-state index is -0.0323. The van der Waals surface area contributed by atoms with Gasteiger partial charge in [0.15, 0.2) is 11.6 Å². The highest BCUT2D eigenvalue weighted by Gasteiger charge is 2.16. The predicted molar refractivity (Wildman–Crippen MR) is 124 cm³/mol. The van der Waals surface area contributed by atoms with Gasteiger partial charge in [0.2, 0.25) is 0 Å². The van der Waals surface area contributed by atoms with Crippen LogP contribution in [0.3, 0.4) is 0 Å².